The van der Waals surface area contributed by atoms with E-state index < -0.39 is 5.54 Å². The van der Waals surface area contributed by atoms with E-state index in [1.807, 2.05) is 25.8 Å². The SMILES string of the molecule is CCSc1cccc(N2CCN(C)C(=O)C2(C)C)c1CN. The van der Waals surface area contributed by atoms with E-state index in [9.17, 15) is 4.79 Å². The first-order valence-electron chi connectivity index (χ1n) is 7.41. The van der Waals surface area contributed by atoms with Crippen molar-refractivity contribution >= 4 is 23.4 Å². The van der Waals surface area contributed by atoms with E-state index in [1.54, 1.807) is 11.8 Å². The molecule has 1 fully saturated rings. The first-order valence-corrected chi connectivity index (χ1v) is 8.40. The Morgan fingerprint density at radius 2 is 2.05 bits per heavy atom. The van der Waals surface area contributed by atoms with Crippen LogP contribution in [0.4, 0.5) is 5.69 Å². The van der Waals surface area contributed by atoms with Gasteiger partial charge in [-0.15, -0.1) is 11.8 Å². The van der Waals surface area contributed by atoms with E-state index >= 15 is 0 Å². The van der Waals surface area contributed by atoms with Crippen molar-refractivity contribution in [1.29, 1.82) is 0 Å². The van der Waals surface area contributed by atoms with Crippen LogP contribution >= 0.6 is 11.8 Å². The van der Waals surface area contributed by atoms with Crippen LogP contribution in [0, 0.1) is 0 Å². The van der Waals surface area contributed by atoms with E-state index in [0.717, 1.165) is 30.1 Å². The van der Waals surface area contributed by atoms with Gasteiger partial charge < -0.3 is 15.5 Å². The third-order valence-corrected chi connectivity index (χ3v) is 5.09. The molecule has 1 aliphatic rings. The zero-order chi connectivity index (χ0) is 15.6. The fraction of sp³-hybridized carbons (Fsp3) is 0.562. The number of rotatable bonds is 4. The summed E-state index contributed by atoms with van der Waals surface area (Å²) in [4.78, 5) is 17.7. The lowest BCUT2D eigenvalue weighted by Crippen LogP contribution is -2.62. The van der Waals surface area contributed by atoms with Crippen LogP contribution in [-0.2, 0) is 11.3 Å². The van der Waals surface area contributed by atoms with Gasteiger partial charge in [0.25, 0.3) is 0 Å². The number of piperazine rings is 1. The Hall–Kier alpha value is -1.20. The molecule has 0 atom stereocenters. The van der Waals surface area contributed by atoms with Crippen LogP contribution in [-0.4, -0.2) is 42.2 Å². The van der Waals surface area contributed by atoms with E-state index in [4.69, 9.17) is 5.73 Å². The lowest BCUT2D eigenvalue weighted by atomic mass is 9.95. The average Bonchev–Trinajstić information content (AvgIpc) is 2.45. The average molecular weight is 307 g/mol. The second-order valence-corrected chi connectivity index (χ2v) is 7.13. The fourth-order valence-electron chi connectivity index (χ4n) is 2.94. The Morgan fingerprint density at radius 1 is 1.33 bits per heavy atom. The van der Waals surface area contributed by atoms with Crippen LogP contribution < -0.4 is 10.6 Å². The van der Waals surface area contributed by atoms with Gasteiger partial charge in [-0.2, -0.15) is 0 Å². The highest BCUT2D eigenvalue weighted by Gasteiger charge is 2.41. The van der Waals surface area contributed by atoms with Crippen molar-refractivity contribution in [2.75, 3.05) is 30.8 Å². The molecule has 1 amide bonds. The van der Waals surface area contributed by atoms with Crippen LogP contribution in [0.3, 0.4) is 0 Å². The normalized spacial score (nSPS) is 18.2. The van der Waals surface area contributed by atoms with E-state index in [0.29, 0.717) is 6.54 Å². The van der Waals surface area contributed by atoms with Gasteiger partial charge in [0.05, 0.1) is 0 Å². The summed E-state index contributed by atoms with van der Waals surface area (Å²) in [6.45, 7) is 8.20. The van der Waals surface area contributed by atoms with Gasteiger partial charge in [-0.1, -0.05) is 13.0 Å². The summed E-state index contributed by atoms with van der Waals surface area (Å²) in [5, 5.41) is 0. The molecule has 0 aromatic heterocycles. The van der Waals surface area contributed by atoms with Crippen molar-refractivity contribution in [1.82, 2.24) is 4.90 Å². The molecular weight excluding hydrogens is 282 g/mol. The van der Waals surface area contributed by atoms with Crippen molar-refractivity contribution in [2.24, 2.45) is 5.73 Å². The van der Waals surface area contributed by atoms with Gasteiger partial charge >= 0.3 is 0 Å². The first kappa shape index (κ1) is 16.2. The highest BCUT2D eigenvalue weighted by atomic mass is 32.2. The number of carbonyl (C=O) groups is 1. The predicted octanol–water partition coefficient (Wildman–Crippen LogP) is 2.31. The molecule has 116 valence electrons. The van der Waals surface area contributed by atoms with Crippen molar-refractivity contribution < 1.29 is 4.79 Å². The molecule has 0 unspecified atom stereocenters. The molecule has 0 bridgehead atoms. The Morgan fingerprint density at radius 3 is 2.67 bits per heavy atom. The zero-order valence-corrected chi connectivity index (χ0v) is 14.2. The summed E-state index contributed by atoms with van der Waals surface area (Å²) in [6.07, 6.45) is 0. The smallest absolute Gasteiger partial charge is 0.247 e. The third kappa shape index (κ3) is 2.90. The number of anilines is 1. The van der Waals surface area contributed by atoms with Gasteiger partial charge in [0.15, 0.2) is 0 Å². The van der Waals surface area contributed by atoms with E-state index in [1.165, 1.54) is 4.90 Å². The zero-order valence-electron chi connectivity index (χ0n) is 13.3. The van der Waals surface area contributed by atoms with Crippen LogP contribution in [0.5, 0.6) is 0 Å². The number of hydrogen-bond acceptors (Lipinski definition) is 4. The molecule has 5 heteroatoms. The maximum Gasteiger partial charge on any atom is 0.247 e. The van der Waals surface area contributed by atoms with Crippen LogP contribution in [0.15, 0.2) is 23.1 Å². The topological polar surface area (TPSA) is 49.6 Å². The minimum atomic E-state index is -0.535. The predicted molar refractivity (Wildman–Crippen MR) is 89.8 cm³/mol. The summed E-state index contributed by atoms with van der Waals surface area (Å²) in [5.74, 6) is 1.17. The molecular formula is C16H25N3OS. The molecule has 1 aromatic carbocycles. The maximum absolute atomic E-state index is 12.5. The van der Waals surface area contributed by atoms with Crippen molar-refractivity contribution in [3.05, 3.63) is 23.8 Å². The maximum atomic E-state index is 12.5. The fourth-order valence-corrected chi connectivity index (χ4v) is 3.79. The lowest BCUT2D eigenvalue weighted by molar-refractivity contribution is -0.136. The third-order valence-electron chi connectivity index (χ3n) is 4.11. The first-order chi connectivity index (χ1) is 9.93. The molecule has 1 aliphatic heterocycles. The van der Waals surface area contributed by atoms with E-state index in [-0.39, 0.29) is 5.91 Å². The van der Waals surface area contributed by atoms with Crippen LogP contribution in [0.25, 0.3) is 0 Å². The molecule has 0 saturated carbocycles. The quantitative estimate of drug-likeness (QED) is 0.867. The Kier molecular flexibility index (Phi) is 4.84. The summed E-state index contributed by atoms with van der Waals surface area (Å²) >= 11 is 1.80. The number of benzene rings is 1. The van der Waals surface area contributed by atoms with E-state index in [2.05, 4.69) is 30.0 Å². The molecule has 1 heterocycles. The van der Waals surface area contributed by atoms with Gasteiger partial charge in [0.2, 0.25) is 5.91 Å². The number of thioether (sulfide) groups is 1. The van der Waals surface area contributed by atoms with Crippen LogP contribution in [0.1, 0.15) is 26.3 Å². The van der Waals surface area contributed by atoms with Gasteiger partial charge in [-0.05, 0) is 31.7 Å². The highest BCUT2D eigenvalue weighted by molar-refractivity contribution is 7.99. The van der Waals surface area contributed by atoms with Crippen molar-refractivity contribution in [3.8, 4) is 0 Å². The second kappa shape index (κ2) is 6.28. The number of nitrogens with zero attached hydrogens (tertiary/aromatic N) is 2. The van der Waals surface area contributed by atoms with Crippen LogP contribution in [0.2, 0.25) is 0 Å². The Bertz CT molecular complexity index is 530. The Balaban J connectivity index is 2.46. The molecule has 0 aliphatic carbocycles. The highest BCUT2D eigenvalue weighted by Crippen LogP contribution is 2.35. The molecule has 0 spiro atoms. The summed E-state index contributed by atoms with van der Waals surface area (Å²) in [5.41, 5.74) is 7.72. The van der Waals surface area contributed by atoms with Gasteiger partial charge in [-0.3, -0.25) is 4.79 Å². The molecule has 2 N–H and O–H groups in total. The number of nitrogens with two attached hydrogens (primary N) is 1. The molecule has 4 nitrogen and oxygen atoms in total. The van der Waals surface area contributed by atoms with Crippen molar-refractivity contribution in [2.45, 2.75) is 37.8 Å². The second-order valence-electron chi connectivity index (χ2n) is 5.83. The largest absolute Gasteiger partial charge is 0.355 e. The minimum absolute atomic E-state index is 0.158. The van der Waals surface area contributed by atoms with Gasteiger partial charge in [0, 0.05) is 42.8 Å². The molecule has 21 heavy (non-hydrogen) atoms. The summed E-state index contributed by atoms with van der Waals surface area (Å²) in [6, 6.07) is 6.26. The monoisotopic (exact) mass is 307 g/mol. The number of amides is 1. The minimum Gasteiger partial charge on any atom is -0.355 e. The standard InChI is InChI=1S/C16H25N3OS/c1-5-21-14-8-6-7-13(12(14)11-17)19-10-9-18(4)15(20)16(19,2)3/h6-8H,5,9-11,17H2,1-4H3. The lowest BCUT2D eigenvalue weighted by Gasteiger charge is -2.47. The summed E-state index contributed by atoms with van der Waals surface area (Å²) in [7, 11) is 1.87. The molecule has 0 radical (unpaired) electrons. The Labute approximate surface area is 131 Å². The molecule has 2 rings (SSSR count). The number of likely N-dealkylation sites (N-methyl/N-ethyl adjacent to an activating group) is 1. The molecule has 1 aromatic rings. The van der Waals surface area contributed by atoms with Gasteiger partial charge in [0.1, 0.15) is 5.54 Å². The van der Waals surface area contributed by atoms with Crippen molar-refractivity contribution in [3.63, 3.8) is 0 Å². The number of hydrogen-bond donors (Lipinski definition) is 1. The van der Waals surface area contributed by atoms with Gasteiger partial charge in [-0.25, -0.2) is 0 Å². The molecule has 1 saturated heterocycles. The number of carbonyl (C=O) groups excluding carboxylic acids is 1. The summed E-state index contributed by atoms with van der Waals surface area (Å²) < 4.78 is 0.